The van der Waals surface area contributed by atoms with Crippen molar-refractivity contribution in [3.8, 4) is 0 Å². The zero-order valence-corrected chi connectivity index (χ0v) is 11.1. The van der Waals surface area contributed by atoms with E-state index < -0.39 is 0 Å². The molecule has 0 aromatic carbocycles. The van der Waals surface area contributed by atoms with E-state index in [-0.39, 0.29) is 0 Å². The Morgan fingerprint density at radius 2 is 1.67 bits per heavy atom. The molecule has 88 valence electrons. The first-order valence-electron chi connectivity index (χ1n) is 6.42. The summed E-state index contributed by atoms with van der Waals surface area (Å²) in [6.45, 7) is 12.9. The van der Waals surface area contributed by atoms with Crippen LogP contribution in [-0.2, 0) is 0 Å². The molecule has 0 aromatic rings. The van der Waals surface area contributed by atoms with Gasteiger partial charge in [-0.1, -0.05) is 43.9 Å². The number of hydrogen-bond donors (Lipinski definition) is 0. The van der Waals surface area contributed by atoms with Crippen LogP contribution in [0.1, 0.15) is 66.2 Å². The van der Waals surface area contributed by atoms with Gasteiger partial charge in [-0.25, -0.2) is 0 Å². The normalized spacial score (nSPS) is 12.2. The van der Waals surface area contributed by atoms with E-state index in [4.69, 9.17) is 0 Å². The third-order valence-corrected chi connectivity index (χ3v) is 2.96. The lowest BCUT2D eigenvalue weighted by molar-refractivity contribution is 0.502. The van der Waals surface area contributed by atoms with Gasteiger partial charge in [0.1, 0.15) is 0 Å². The van der Waals surface area contributed by atoms with Crippen molar-refractivity contribution in [1.82, 2.24) is 0 Å². The van der Waals surface area contributed by atoms with Crippen LogP contribution in [0.2, 0.25) is 0 Å². The van der Waals surface area contributed by atoms with Gasteiger partial charge in [0.15, 0.2) is 0 Å². The van der Waals surface area contributed by atoms with Crippen molar-refractivity contribution < 1.29 is 0 Å². The average molecular weight is 208 g/mol. The van der Waals surface area contributed by atoms with Gasteiger partial charge in [0.25, 0.3) is 0 Å². The molecule has 0 saturated heterocycles. The van der Waals surface area contributed by atoms with Crippen LogP contribution in [0.4, 0.5) is 0 Å². The lowest BCUT2D eigenvalue weighted by Gasteiger charge is -2.16. The average Bonchev–Trinajstić information content (AvgIpc) is 2.16. The minimum atomic E-state index is 0.824. The highest BCUT2D eigenvalue weighted by Gasteiger charge is 2.07. The Hall–Kier alpha value is -0.520. The van der Waals surface area contributed by atoms with E-state index in [1.165, 1.54) is 37.7 Å². The molecule has 0 heterocycles. The first-order chi connectivity index (χ1) is 7.11. The molecule has 15 heavy (non-hydrogen) atoms. The molecule has 0 atom stereocenters. The van der Waals surface area contributed by atoms with Crippen LogP contribution in [0.3, 0.4) is 0 Å². The molecular formula is C15H28. The first kappa shape index (κ1) is 14.5. The molecule has 0 bridgehead atoms. The topological polar surface area (TPSA) is 0 Å². The van der Waals surface area contributed by atoms with E-state index in [0.717, 1.165) is 12.3 Å². The Morgan fingerprint density at radius 3 is 2.07 bits per heavy atom. The minimum absolute atomic E-state index is 0.824. The Kier molecular flexibility index (Phi) is 8.46. The summed E-state index contributed by atoms with van der Waals surface area (Å²) in [4.78, 5) is 0. The summed E-state index contributed by atoms with van der Waals surface area (Å²) in [5.74, 6) is 0.824. The van der Waals surface area contributed by atoms with Crippen LogP contribution in [0.15, 0.2) is 23.8 Å². The summed E-state index contributed by atoms with van der Waals surface area (Å²) in [5, 5.41) is 0. The zero-order valence-electron chi connectivity index (χ0n) is 11.1. The van der Waals surface area contributed by atoms with Gasteiger partial charge < -0.3 is 0 Å². The highest BCUT2D eigenvalue weighted by atomic mass is 14.1. The monoisotopic (exact) mass is 208 g/mol. The summed E-state index contributed by atoms with van der Waals surface area (Å²) >= 11 is 0. The van der Waals surface area contributed by atoms with Crippen molar-refractivity contribution >= 4 is 0 Å². The smallest absolute Gasteiger partial charge is 0.0206 e. The van der Waals surface area contributed by atoms with E-state index >= 15 is 0 Å². The molecule has 0 saturated carbocycles. The molecule has 0 radical (unpaired) electrons. The Labute approximate surface area is 96.5 Å². The molecule has 0 N–H and O–H groups in total. The minimum Gasteiger partial charge on any atom is -0.100 e. The molecule has 0 nitrogen and oxygen atoms in total. The third kappa shape index (κ3) is 7.41. The van der Waals surface area contributed by atoms with Gasteiger partial charge in [0, 0.05) is 0 Å². The van der Waals surface area contributed by atoms with Crippen molar-refractivity contribution in [1.29, 1.82) is 0 Å². The quantitative estimate of drug-likeness (QED) is 0.462. The van der Waals surface area contributed by atoms with Crippen molar-refractivity contribution in [2.45, 2.75) is 66.2 Å². The van der Waals surface area contributed by atoms with Gasteiger partial charge in [-0.05, 0) is 45.4 Å². The van der Waals surface area contributed by atoms with E-state index in [1.54, 1.807) is 5.57 Å². The van der Waals surface area contributed by atoms with Gasteiger partial charge >= 0.3 is 0 Å². The van der Waals surface area contributed by atoms with Crippen LogP contribution in [0.5, 0.6) is 0 Å². The van der Waals surface area contributed by atoms with E-state index in [1.807, 2.05) is 0 Å². The van der Waals surface area contributed by atoms with Crippen LogP contribution < -0.4 is 0 Å². The number of hydrogen-bond acceptors (Lipinski definition) is 0. The van der Waals surface area contributed by atoms with Crippen molar-refractivity contribution in [2.24, 2.45) is 5.92 Å². The summed E-state index contributed by atoms with van der Waals surface area (Å²) < 4.78 is 0. The van der Waals surface area contributed by atoms with E-state index in [0.29, 0.717) is 0 Å². The molecule has 0 fully saturated rings. The molecule has 0 heteroatoms. The summed E-state index contributed by atoms with van der Waals surface area (Å²) in [7, 11) is 0. The van der Waals surface area contributed by atoms with Crippen LogP contribution in [-0.4, -0.2) is 0 Å². The predicted octanol–water partition coefficient (Wildman–Crippen LogP) is 5.51. The fourth-order valence-corrected chi connectivity index (χ4v) is 2.01. The molecule has 0 rings (SSSR count). The van der Waals surface area contributed by atoms with E-state index in [2.05, 4.69) is 40.3 Å². The molecule has 0 aliphatic carbocycles. The fourth-order valence-electron chi connectivity index (χ4n) is 2.01. The Morgan fingerprint density at radius 1 is 1.13 bits per heavy atom. The summed E-state index contributed by atoms with van der Waals surface area (Å²) in [6.07, 6.45) is 10.0. The lowest BCUT2D eigenvalue weighted by atomic mass is 9.90. The molecule has 0 amide bonds. The Bertz CT molecular complexity index is 192. The second-order valence-corrected chi connectivity index (χ2v) is 4.72. The Balaban J connectivity index is 4.08. The van der Waals surface area contributed by atoms with Crippen molar-refractivity contribution in [3.05, 3.63) is 23.8 Å². The molecule has 0 aromatic heterocycles. The van der Waals surface area contributed by atoms with Gasteiger partial charge in [-0.2, -0.15) is 0 Å². The molecule has 0 spiro atoms. The standard InChI is InChI=1S/C15H28/c1-6-9-15(10-7-2)14(5)12-8-11-13(3)4/h12,15H,3,6-11H2,1-2,4-5H3/b14-12+. The third-order valence-electron chi connectivity index (χ3n) is 2.96. The maximum atomic E-state index is 3.94. The fraction of sp³-hybridized carbons (Fsp3) is 0.733. The summed E-state index contributed by atoms with van der Waals surface area (Å²) in [5.41, 5.74) is 2.89. The maximum absolute atomic E-state index is 3.94. The molecule has 0 aliphatic heterocycles. The SMILES string of the molecule is C=C(C)CC/C=C(\C)C(CCC)CCC. The van der Waals surface area contributed by atoms with E-state index in [9.17, 15) is 0 Å². The predicted molar refractivity (Wildman–Crippen MR) is 71.1 cm³/mol. The van der Waals surface area contributed by atoms with Gasteiger partial charge in [0.2, 0.25) is 0 Å². The zero-order chi connectivity index (χ0) is 11.7. The van der Waals surface area contributed by atoms with Gasteiger partial charge in [-0.15, -0.1) is 6.58 Å². The van der Waals surface area contributed by atoms with Gasteiger partial charge in [0.05, 0.1) is 0 Å². The molecule has 0 aliphatic rings. The molecular weight excluding hydrogens is 180 g/mol. The molecule has 0 unspecified atom stereocenters. The number of rotatable bonds is 8. The largest absolute Gasteiger partial charge is 0.100 e. The first-order valence-corrected chi connectivity index (χ1v) is 6.42. The second kappa shape index (κ2) is 8.76. The van der Waals surface area contributed by atoms with Crippen molar-refractivity contribution in [2.75, 3.05) is 0 Å². The highest BCUT2D eigenvalue weighted by molar-refractivity contribution is 5.05. The maximum Gasteiger partial charge on any atom is -0.0206 e. The number of allylic oxidation sites excluding steroid dienone is 3. The summed E-state index contributed by atoms with van der Waals surface area (Å²) in [6, 6.07) is 0. The van der Waals surface area contributed by atoms with Crippen LogP contribution in [0.25, 0.3) is 0 Å². The highest BCUT2D eigenvalue weighted by Crippen LogP contribution is 2.23. The second-order valence-electron chi connectivity index (χ2n) is 4.72. The lowest BCUT2D eigenvalue weighted by Crippen LogP contribution is -2.01. The van der Waals surface area contributed by atoms with Crippen LogP contribution >= 0.6 is 0 Å². The van der Waals surface area contributed by atoms with Crippen LogP contribution in [0, 0.1) is 5.92 Å². The van der Waals surface area contributed by atoms with Gasteiger partial charge in [-0.3, -0.25) is 0 Å². The van der Waals surface area contributed by atoms with Crippen molar-refractivity contribution in [3.63, 3.8) is 0 Å².